The van der Waals surface area contributed by atoms with Crippen LogP contribution in [-0.2, 0) is 29.8 Å². The number of carbonyl (C=O) groups is 1. The predicted octanol–water partition coefficient (Wildman–Crippen LogP) is 0.653. The second-order valence-electron chi connectivity index (χ2n) is 4.48. The van der Waals surface area contributed by atoms with Gasteiger partial charge in [-0.25, -0.2) is 18.8 Å². The lowest BCUT2D eigenvalue weighted by molar-refractivity contribution is -0.141. The Kier molecular flexibility index (Phi) is 6.27. The van der Waals surface area contributed by atoms with Gasteiger partial charge in [0, 0.05) is 7.05 Å². The third-order valence-electron chi connectivity index (χ3n) is 2.18. The zero-order valence-electron chi connectivity index (χ0n) is 11.7. The zero-order chi connectivity index (χ0) is 15.3. The lowest BCUT2D eigenvalue weighted by Crippen LogP contribution is -2.36. The maximum Gasteiger partial charge on any atom is 0.447 e. The number of thiocarbonyl (C=S) groups is 1. The highest BCUT2D eigenvalue weighted by Crippen LogP contribution is 2.22. The van der Waals surface area contributed by atoms with Gasteiger partial charge in [-0.15, -0.1) is 0 Å². The van der Waals surface area contributed by atoms with E-state index in [-0.39, 0.29) is 17.7 Å². The fourth-order valence-corrected chi connectivity index (χ4v) is 1.93. The van der Waals surface area contributed by atoms with Crippen molar-refractivity contribution in [1.29, 1.82) is 0 Å². The number of rotatable bonds is 4. The van der Waals surface area contributed by atoms with E-state index < -0.39 is 23.1 Å². The Bertz CT molecular complexity index is 403. The van der Waals surface area contributed by atoms with Gasteiger partial charge in [-0.3, -0.25) is 4.18 Å². The average Bonchev–Trinajstić information content (AvgIpc) is 2.71. The van der Waals surface area contributed by atoms with Gasteiger partial charge in [0.05, 0.1) is 13.2 Å². The van der Waals surface area contributed by atoms with E-state index in [0.29, 0.717) is 6.61 Å². The van der Waals surface area contributed by atoms with E-state index in [1.807, 2.05) is 0 Å². The van der Waals surface area contributed by atoms with Crippen molar-refractivity contribution in [3.05, 3.63) is 0 Å². The molecule has 1 heterocycles. The molecule has 10 heteroatoms. The highest BCUT2D eigenvalue weighted by atomic mass is 32.2. The Balaban J connectivity index is 2.31. The second kappa shape index (κ2) is 7.27. The topological polar surface area (TPSA) is 86.3 Å². The first-order chi connectivity index (χ1) is 9.21. The van der Waals surface area contributed by atoms with Gasteiger partial charge < -0.3 is 14.3 Å². The molecule has 2 atom stereocenters. The molecule has 1 aliphatic heterocycles. The molecular weight excluding hydrogens is 308 g/mol. The van der Waals surface area contributed by atoms with Crippen molar-refractivity contribution in [3.8, 4) is 0 Å². The summed E-state index contributed by atoms with van der Waals surface area (Å²) in [6, 6.07) is 0. The largest absolute Gasteiger partial charge is 0.447 e. The summed E-state index contributed by atoms with van der Waals surface area (Å²) in [7, 11) is 1.27. The molecule has 0 radical (unpaired) electrons. The number of nitrogens with one attached hydrogen (secondary N) is 1. The number of hydrogen-bond acceptors (Lipinski definition) is 7. The molecule has 0 aromatic carbocycles. The van der Waals surface area contributed by atoms with Crippen molar-refractivity contribution in [2.45, 2.75) is 32.7 Å². The quantitative estimate of drug-likeness (QED) is 0.595. The van der Waals surface area contributed by atoms with Crippen LogP contribution in [0.1, 0.15) is 20.8 Å². The maximum absolute atomic E-state index is 11.7. The average molecular weight is 326 g/mol. The second-order valence-corrected chi connectivity index (χ2v) is 6.31. The van der Waals surface area contributed by atoms with E-state index in [1.165, 1.54) is 14.0 Å². The minimum absolute atomic E-state index is 0.0350. The number of nitrogens with zero attached hydrogens (tertiary/aromatic N) is 1. The van der Waals surface area contributed by atoms with Crippen molar-refractivity contribution in [2.75, 3.05) is 20.3 Å². The summed E-state index contributed by atoms with van der Waals surface area (Å²) in [6.07, 6.45) is -1.21. The monoisotopic (exact) mass is 326 g/mol. The molecule has 1 N–H and O–H groups in total. The van der Waals surface area contributed by atoms with Gasteiger partial charge in [-0.2, -0.15) is 0 Å². The van der Waals surface area contributed by atoms with Gasteiger partial charge in [-0.05, 0) is 20.8 Å². The summed E-state index contributed by atoms with van der Waals surface area (Å²) >= 11 is 2.68. The van der Waals surface area contributed by atoms with Crippen LogP contribution in [0.25, 0.3) is 0 Å². The molecule has 1 rings (SSSR count). The number of hydrogen-bond donors (Lipinski definition) is 1. The molecule has 0 bridgehead atoms. The molecule has 0 spiro atoms. The van der Waals surface area contributed by atoms with Gasteiger partial charge in [0.2, 0.25) is 0 Å². The Morgan fingerprint density at radius 1 is 1.60 bits per heavy atom. The molecule has 0 aliphatic carbocycles. The molecule has 0 aromatic heterocycles. The van der Waals surface area contributed by atoms with Crippen LogP contribution in [0.15, 0.2) is 0 Å². The molecule has 0 saturated carbocycles. The fraction of sp³-hybridized carbons (Fsp3) is 0.800. The maximum atomic E-state index is 11.7. The summed E-state index contributed by atoms with van der Waals surface area (Å²) in [5, 5.41) is 0. The van der Waals surface area contributed by atoms with Crippen molar-refractivity contribution < 1.29 is 27.5 Å². The number of hydroxylamine groups is 1. The first-order valence-corrected chi connectivity index (χ1v) is 7.23. The van der Waals surface area contributed by atoms with E-state index >= 15 is 0 Å². The van der Waals surface area contributed by atoms with Crippen molar-refractivity contribution in [2.24, 2.45) is 0 Å². The zero-order valence-corrected chi connectivity index (χ0v) is 13.3. The summed E-state index contributed by atoms with van der Waals surface area (Å²) in [4.78, 5) is 16.3. The van der Waals surface area contributed by atoms with E-state index in [2.05, 4.69) is 22.5 Å². The summed E-state index contributed by atoms with van der Waals surface area (Å²) in [5.74, 6) is -0.679. The molecule has 1 fully saturated rings. The van der Waals surface area contributed by atoms with Gasteiger partial charge >= 0.3 is 6.09 Å². The standard InChI is InChI=1S/C10H18N2O6S2/c1-7(19)11-18-9(13)12(4)20(14)16-6-8-5-15-10(2,3)17-8/h8H,5-6H2,1-4H3,(H,11,19). The van der Waals surface area contributed by atoms with Crippen LogP contribution in [-0.4, -0.2) is 51.7 Å². The first kappa shape index (κ1) is 17.2. The van der Waals surface area contributed by atoms with E-state index in [9.17, 15) is 9.00 Å². The van der Waals surface area contributed by atoms with E-state index in [4.69, 9.17) is 13.7 Å². The Labute approximate surface area is 125 Å². The lowest BCUT2D eigenvalue weighted by atomic mass is 10.4. The molecule has 20 heavy (non-hydrogen) atoms. The van der Waals surface area contributed by atoms with E-state index in [1.54, 1.807) is 13.8 Å². The van der Waals surface area contributed by atoms with E-state index in [0.717, 1.165) is 4.31 Å². The summed E-state index contributed by atoms with van der Waals surface area (Å²) in [5.41, 5.74) is 2.19. The van der Waals surface area contributed by atoms with Crippen LogP contribution in [0.2, 0.25) is 0 Å². The molecule has 8 nitrogen and oxygen atoms in total. The van der Waals surface area contributed by atoms with Crippen LogP contribution >= 0.6 is 12.2 Å². The van der Waals surface area contributed by atoms with Crippen LogP contribution in [0.5, 0.6) is 0 Å². The van der Waals surface area contributed by atoms with Gasteiger partial charge in [0.15, 0.2) is 5.79 Å². The van der Waals surface area contributed by atoms with Gasteiger partial charge in [0.25, 0.3) is 11.3 Å². The Hall–Kier alpha value is -0.810. The number of ether oxygens (including phenoxy) is 2. The minimum atomic E-state index is -1.99. The van der Waals surface area contributed by atoms with Crippen LogP contribution < -0.4 is 5.48 Å². The Morgan fingerprint density at radius 2 is 2.25 bits per heavy atom. The van der Waals surface area contributed by atoms with Gasteiger partial charge in [0.1, 0.15) is 11.1 Å². The van der Waals surface area contributed by atoms with Crippen LogP contribution in [0, 0.1) is 0 Å². The van der Waals surface area contributed by atoms with Crippen LogP contribution in [0.3, 0.4) is 0 Å². The Morgan fingerprint density at radius 3 is 2.75 bits per heavy atom. The smallest absolute Gasteiger partial charge is 0.348 e. The highest BCUT2D eigenvalue weighted by molar-refractivity contribution is 7.80. The SMILES string of the molecule is CC(=S)NOC(=O)N(C)S(=O)OCC1COC(C)(C)O1. The third-order valence-corrected chi connectivity index (χ3v) is 3.20. The normalized spacial score (nSPS) is 22.1. The van der Waals surface area contributed by atoms with Gasteiger partial charge in [-0.1, -0.05) is 12.2 Å². The molecule has 0 aromatic rings. The van der Waals surface area contributed by atoms with Crippen molar-refractivity contribution in [1.82, 2.24) is 9.79 Å². The first-order valence-electron chi connectivity index (χ1n) is 5.79. The molecule has 2 unspecified atom stereocenters. The third kappa shape index (κ3) is 5.67. The van der Waals surface area contributed by atoms with Crippen molar-refractivity contribution >= 4 is 34.6 Å². The summed E-state index contributed by atoms with van der Waals surface area (Å²) in [6.45, 7) is 5.45. The molecule has 1 saturated heterocycles. The minimum Gasteiger partial charge on any atom is -0.348 e. The molecule has 116 valence electrons. The molecular formula is C10H18N2O6S2. The lowest BCUT2D eigenvalue weighted by Gasteiger charge is -2.18. The molecule has 1 amide bonds. The van der Waals surface area contributed by atoms with Crippen LogP contribution in [0.4, 0.5) is 4.79 Å². The fourth-order valence-electron chi connectivity index (χ4n) is 1.30. The van der Waals surface area contributed by atoms with Crippen molar-refractivity contribution in [3.63, 3.8) is 0 Å². The predicted molar refractivity (Wildman–Crippen MR) is 74.7 cm³/mol. The highest BCUT2D eigenvalue weighted by Gasteiger charge is 2.33. The number of carbonyl (C=O) groups excluding carboxylic acids is 1. The molecule has 1 aliphatic rings. The number of amides is 1. The summed E-state index contributed by atoms with van der Waals surface area (Å²) < 4.78 is 28.3.